The summed E-state index contributed by atoms with van der Waals surface area (Å²) in [4.78, 5) is 12.2. The van der Waals surface area contributed by atoms with Gasteiger partial charge in [0.1, 0.15) is 11.6 Å². The van der Waals surface area contributed by atoms with Crippen LogP contribution in [0.1, 0.15) is 31.0 Å². The van der Waals surface area contributed by atoms with E-state index < -0.39 is 6.10 Å². The largest absolute Gasteiger partial charge is 0.481 e. The van der Waals surface area contributed by atoms with Crippen LogP contribution in [0.5, 0.6) is 5.75 Å². The van der Waals surface area contributed by atoms with E-state index >= 15 is 0 Å². The fourth-order valence-corrected chi connectivity index (χ4v) is 2.04. The van der Waals surface area contributed by atoms with E-state index in [9.17, 15) is 9.18 Å². The van der Waals surface area contributed by atoms with Crippen molar-refractivity contribution in [2.75, 3.05) is 0 Å². The molecule has 22 heavy (non-hydrogen) atoms. The smallest absolute Gasteiger partial charge is 0.261 e. The van der Waals surface area contributed by atoms with Gasteiger partial charge in [-0.05, 0) is 50.6 Å². The summed E-state index contributed by atoms with van der Waals surface area (Å²) in [5.74, 6) is 0.151. The van der Waals surface area contributed by atoms with E-state index in [4.69, 9.17) is 4.74 Å². The molecule has 0 radical (unpaired) electrons. The van der Waals surface area contributed by atoms with Gasteiger partial charge >= 0.3 is 0 Å². The lowest BCUT2D eigenvalue weighted by atomic mass is 10.1. The van der Waals surface area contributed by atoms with Crippen molar-refractivity contribution in [1.29, 1.82) is 0 Å². The first kappa shape index (κ1) is 16.0. The first-order chi connectivity index (χ1) is 10.5. The Morgan fingerprint density at radius 2 is 1.64 bits per heavy atom. The highest BCUT2D eigenvalue weighted by Crippen LogP contribution is 2.15. The molecule has 0 fully saturated rings. The molecule has 3 nitrogen and oxygen atoms in total. The molecule has 0 aliphatic carbocycles. The summed E-state index contributed by atoms with van der Waals surface area (Å²) in [5.41, 5.74) is 1.98. The summed E-state index contributed by atoms with van der Waals surface area (Å²) in [6.07, 6.45) is -0.606. The number of halogens is 1. The molecule has 0 unspecified atom stereocenters. The molecule has 1 amide bonds. The predicted octanol–water partition coefficient (Wildman–Crippen LogP) is 3.78. The Kier molecular flexibility index (Phi) is 5.15. The van der Waals surface area contributed by atoms with E-state index in [0.717, 1.165) is 11.1 Å². The Labute approximate surface area is 130 Å². The Bertz CT molecular complexity index is 623. The first-order valence-electron chi connectivity index (χ1n) is 7.25. The molecule has 2 aromatic rings. The van der Waals surface area contributed by atoms with Crippen LogP contribution in [0.2, 0.25) is 0 Å². The van der Waals surface area contributed by atoms with Gasteiger partial charge in [0.05, 0.1) is 6.04 Å². The molecule has 0 spiro atoms. The van der Waals surface area contributed by atoms with Gasteiger partial charge in [-0.1, -0.05) is 29.8 Å². The molecule has 0 bridgehead atoms. The highest BCUT2D eigenvalue weighted by molar-refractivity contribution is 5.81. The maximum atomic E-state index is 12.9. The third-order valence-electron chi connectivity index (χ3n) is 3.43. The molecule has 2 aromatic carbocycles. The van der Waals surface area contributed by atoms with Crippen LogP contribution in [0.15, 0.2) is 48.5 Å². The summed E-state index contributed by atoms with van der Waals surface area (Å²) in [7, 11) is 0. The maximum absolute atomic E-state index is 12.9. The third kappa shape index (κ3) is 4.32. The molecule has 0 aromatic heterocycles. The van der Waals surface area contributed by atoms with Gasteiger partial charge in [-0.2, -0.15) is 0 Å². The Balaban J connectivity index is 1.93. The first-order valence-corrected chi connectivity index (χ1v) is 7.25. The molecule has 1 N–H and O–H groups in total. The van der Waals surface area contributed by atoms with E-state index in [2.05, 4.69) is 5.32 Å². The molecule has 0 heterocycles. The Morgan fingerprint density at radius 1 is 1.05 bits per heavy atom. The van der Waals surface area contributed by atoms with Crippen molar-refractivity contribution in [3.8, 4) is 5.75 Å². The van der Waals surface area contributed by atoms with Gasteiger partial charge in [0.25, 0.3) is 5.91 Å². The molecule has 0 aliphatic heterocycles. The molecular formula is C18H20FNO2. The summed E-state index contributed by atoms with van der Waals surface area (Å²) < 4.78 is 18.5. The number of ether oxygens (including phenoxy) is 1. The van der Waals surface area contributed by atoms with Crippen LogP contribution in [0, 0.1) is 12.7 Å². The minimum Gasteiger partial charge on any atom is -0.481 e. The predicted molar refractivity (Wildman–Crippen MR) is 84.2 cm³/mol. The number of nitrogens with one attached hydrogen (secondary N) is 1. The zero-order chi connectivity index (χ0) is 16.1. The summed E-state index contributed by atoms with van der Waals surface area (Å²) in [5, 5.41) is 2.86. The van der Waals surface area contributed by atoms with Gasteiger partial charge in [-0.25, -0.2) is 4.39 Å². The maximum Gasteiger partial charge on any atom is 0.261 e. The normalized spacial score (nSPS) is 13.3. The number of carbonyl (C=O) groups excluding carboxylic acids is 1. The van der Waals surface area contributed by atoms with Crippen molar-refractivity contribution in [2.45, 2.75) is 32.9 Å². The quantitative estimate of drug-likeness (QED) is 0.912. The summed E-state index contributed by atoms with van der Waals surface area (Å²) >= 11 is 0. The van der Waals surface area contributed by atoms with Crippen LogP contribution in [0.3, 0.4) is 0 Å². The second kappa shape index (κ2) is 7.07. The highest BCUT2D eigenvalue weighted by Gasteiger charge is 2.17. The zero-order valence-corrected chi connectivity index (χ0v) is 13.0. The van der Waals surface area contributed by atoms with Crippen molar-refractivity contribution in [2.24, 2.45) is 0 Å². The number of rotatable bonds is 5. The average molecular weight is 301 g/mol. The topological polar surface area (TPSA) is 38.3 Å². The van der Waals surface area contributed by atoms with E-state index in [1.54, 1.807) is 19.1 Å². The number of aryl methyl sites for hydroxylation is 1. The number of carbonyl (C=O) groups is 1. The lowest BCUT2D eigenvalue weighted by Crippen LogP contribution is -2.37. The number of hydrogen-bond acceptors (Lipinski definition) is 2. The Hall–Kier alpha value is -2.36. The van der Waals surface area contributed by atoms with Gasteiger partial charge in [-0.3, -0.25) is 4.79 Å². The lowest BCUT2D eigenvalue weighted by Gasteiger charge is -2.19. The average Bonchev–Trinajstić information content (AvgIpc) is 2.50. The fourth-order valence-electron chi connectivity index (χ4n) is 2.04. The van der Waals surface area contributed by atoms with Crippen LogP contribution >= 0.6 is 0 Å². The SMILES string of the molecule is Cc1ccc(O[C@@H](C)C(=O)N[C@@H](C)c2ccc(F)cc2)cc1. The van der Waals surface area contributed by atoms with Crippen LogP contribution in [0.25, 0.3) is 0 Å². The monoisotopic (exact) mass is 301 g/mol. The van der Waals surface area contributed by atoms with E-state index in [1.165, 1.54) is 12.1 Å². The third-order valence-corrected chi connectivity index (χ3v) is 3.43. The van der Waals surface area contributed by atoms with Gasteiger partial charge in [0, 0.05) is 0 Å². The van der Waals surface area contributed by atoms with Crippen LogP contribution in [-0.4, -0.2) is 12.0 Å². The highest BCUT2D eigenvalue weighted by atomic mass is 19.1. The van der Waals surface area contributed by atoms with Crippen LogP contribution in [-0.2, 0) is 4.79 Å². The molecular weight excluding hydrogens is 281 g/mol. The van der Waals surface area contributed by atoms with Gasteiger partial charge in [-0.15, -0.1) is 0 Å². The Morgan fingerprint density at radius 3 is 2.23 bits per heavy atom. The number of benzene rings is 2. The van der Waals surface area contributed by atoms with E-state index in [0.29, 0.717) is 5.75 Å². The van der Waals surface area contributed by atoms with Crippen molar-refractivity contribution in [1.82, 2.24) is 5.32 Å². The second-order valence-electron chi connectivity index (χ2n) is 5.35. The molecule has 2 rings (SSSR count). The molecule has 0 saturated heterocycles. The van der Waals surface area contributed by atoms with Gasteiger partial charge < -0.3 is 10.1 Å². The zero-order valence-electron chi connectivity index (χ0n) is 13.0. The number of amides is 1. The van der Waals surface area contributed by atoms with Crippen molar-refractivity contribution in [3.63, 3.8) is 0 Å². The van der Waals surface area contributed by atoms with Crippen molar-refractivity contribution >= 4 is 5.91 Å². The van der Waals surface area contributed by atoms with Crippen molar-refractivity contribution in [3.05, 3.63) is 65.5 Å². The van der Waals surface area contributed by atoms with Gasteiger partial charge in [0.2, 0.25) is 0 Å². The molecule has 116 valence electrons. The minimum absolute atomic E-state index is 0.211. The van der Waals surface area contributed by atoms with Crippen LogP contribution < -0.4 is 10.1 Å². The van der Waals surface area contributed by atoms with E-state index in [1.807, 2.05) is 38.1 Å². The molecule has 0 aliphatic rings. The lowest BCUT2D eigenvalue weighted by molar-refractivity contribution is -0.127. The molecule has 0 saturated carbocycles. The summed E-state index contributed by atoms with van der Waals surface area (Å²) in [6.45, 7) is 5.54. The summed E-state index contributed by atoms with van der Waals surface area (Å²) in [6, 6.07) is 13.4. The van der Waals surface area contributed by atoms with Crippen LogP contribution in [0.4, 0.5) is 4.39 Å². The number of hydrogen-bond donors (Lipinski definition) is 1. The fraction of sp³-hybridized carbons (Fsp3) is 0.278. The van der Waals surface area contributed by atoms with E-state index in [-0.39, 0.29) is 17.8 Å². The van der Waals surface area contributed by atoms with Gasteiger partial charge in [0.15, 0.2) is 6.10 Å². The van der Waals surface area contributed by atoms with Crippen molar-refractivity contribution < 1.29 is 13.9 Å². The second-order valence-corrected chi connectivity index (χ2v) is 5.35. The molecule has 2 atom stereocenters. The molecule has 4 heteroatoms. The minimum atomic E-state index is -0.606. The standard InChI is InChI=1S/C18H20FNO2/c1-12-4-10-17(11-5-12)22-14(3)18(21)20-13(2)15-6-8-16(19)9-7-15/h4-11,13-14H,1-3H3,(H,20,21)/t13-,14-/m0/s1.